The van der Waals surface area contributed by atoms with Gasteiger partial charge in [-0.3, -0.25) is 10.1 Å². The molecule has 0 aliphatic carbocycles. The molecule has 1 aromatic carbocycles. The molecule has 1 unspecified atom stereocenters. The first-order valence-corrected chi connectivity index (χ1v) is 6.60. The van der Waals surface area contributed by atoms with Crippen molar-refractivity contribution in [1.29, 1.82) is 0 Å². The van der Waals surface area contributed by atoms with Gasteiger partial charge in [0.15, 0.2) is 0 Å². The summed E-state index contributed by atoms with van der Waals surface area (Å²) in [5.74, 6) is -1.51. The third-order valence-electron chi connectivity index (χ3n) is 3.48. The molecule has 2 rings (SSSR count). The Balaban J connectivity index is 0.00000242. The van der Waals surface area contributed by atoms with Crippen molar-refractivity contribution in [3.05, 3.63) is 63.0 Å². The molecule has 118 valence electrons. The standard InChI is InChI=1S/C15H16N2O4.ClH/c1-3-11-8-13(14(15(18)19)9(2)16-11)10-5-4-6-12(7-10)17(20)21;/h4-8,13,16H,3H2,1-2H3,(H,18,19);1H. The van der Waals surface area contributed by atoms with Crippen LogP contribution in [0.1, 0.15) is 31.7 Å². The summed E-state index contributed by atoms with van der Waals surface area (Å²) in [4.78, 5) is 21.9. The molecule has 0 radical (unpaired) electrons. The van der Waals surface area contributed by atoms with Crippen LogP contribution in [0.4, 0.5) is 5.69 Å². The molecule has 1 aromatic rings. The van der Waals surface area contributed by atoms with Gasteiger partial charge in [-0.2, -0.15) is 0 Å². The summed E-state index contributed by atoms with van der Waals surface area (Å²) in [6.07, 6.45) is 2.55. The molecule has 7 heteroatoms. The van der Waals surface area contributed by atoms with Crippen LogP contribution < -0.4 is 5.32 Å². The number of halogens is 1. The molecular formula is C15H17ClN2O4. The van der Waals surface area contributed by atoms with E-state index >= 15 is 0 Å². The van der Waals surface area contributed by atoms with Crippen LogP contribution in [0.3, 0.4) is 0 Å². The lowest BCUT2D eigenvalue weighted by molar-refractivity contribution is -0.384. The number of carboxylic acid groups (broad SMARTS) is 1. The van der Waals surface area contributed by atoms with Gasteiger partial charge < -0.3 is 10.4 Å². The summed E-state index contributed by atoms with van der Waals surface area (Å²) in [5, 5.41) is 23.4. The molecule has 0 fully saturated rings. The summed E-state index contributed by atoms with van der Waals surface area (Å²) in [6, 6.07) is 6.11. The number of non-ortho nitro benzene ring substituents is 1. The van der Waals surface area contributed by atoms with Crippen molar-refractivity contribution in [1.82, 2.24) is 5.32 Å². The van der Waals surface area contributed by atoms with Gasteiger partial charge in [0, 0.05) is 29.4 Å². The second kappa shape index (κ2) is 7.09. The number of rotatable bonds is 4. The lowest BCUT2D eigenvalue weighted by Crippen LogP contribution is -2.25. The zero-order valence-corrected chi connectivity index (χ0v) is 13.0. The number of benzene rings is 1. The second-order valence-electron chi connectivity index (χ2n) is 4.84. The highest BCUT2D eigenvalue weighted by Gasteiger charge is 2.28. The van der Waals surface area contributed by atoms with Gasteiger partial charge in [-0.15, -0.1) is 12.4 Å². The Labute approximate surface area is 134 Å². The number of dihydropyridines is 1. The van der Waals surface area contributed by atoms with Crippen LogP contribution in [0, 0.1) is 10.1 Å². The number of carboxylic acids is 1. The molecule has 2 N–H and O–H groups in total. The monoisotopic (exact) mass is 324 g/mol. The Morgan fingerprint density at radius 2 is 2.14 bits per heavy atom. The molecule has 0 spiro atoms. The Bertz CT molecular complexity index is 667. The highest BCUT2D eigenvalue weighted by molar-refractivity contribution is 5.90. The van der Waals surface area contributed by atoms with Crippen molar-refractivity contribution < 1.29 is 14.8 Å². The molecule has 22 heavy (non-hydrogen) atoms. The van der Waals surface area contributed by atoms with Crippen LogP contribution >= 0.6 is 12.4 Å². The average Bonchev–Trinajstić information content (AvgIpc) is 2.45. The third kappa shape index (κ3) is 3.46. The number of hydrogen-bond acceptors (Lipinski definition) is 4. The Morgan fingerprint density at radius 3 is 2.68 bits per heavy atom. The molecule has 0 bridgehead atoms. The van der Waals surface area contributed by atoms with E-state index in [2.05, 4.69) is 5.32 Å². The first-order valence-electron chi connectivity index (χ1n) is 6.60. The van der Waals surface area contributed by atoms with Gasteiger partial charge in [0.05, 0.1) is 10.5 Å². The van der Waals surface area contributed by atoms with E-state index in [1.165, 1.54) is 12.1 Å². The zero-order chi connectivity index (χ0) is 15.6. The van der Waals surface area contributed by atoms with E-state index in [1.54, 1.807) is 19.1 Å². The minimum absolute atomic E-state index is 0. The van der Waals surface area contributed by atoms with Crippen LogP contribution in [0.15, 0.2) is 47.3 Å². The first kappa shape index (κ1) is 17.7. The molecule has 1 aliphatic heterocycles. The van der Waals surface area contributed by atoms with Gasteiger partial charge in [0.2, 0.25) is 0 Å². The molecule has 0 amide bonds. The van der Waals surface area contributed by atoms with E-state index in [0.717, 1.165) is 12.1 Å². The van der Waals surface area contributed by atoms with Crippen molar-refractivity contribution >= 4 is 24.1 Å². The number of nitrogens with one attached hydrogen (secondary N) is 1. The van der Waals surface area contributed by atoms with Crippen LogP contribution in [0.5, 0.6) is 0 Å². The number of carbonyl (C=O) groups is 1. The van der Waals surface area contributed by atoms with E-state index in [1.807, 2.05) is 13.0 Å². The molecule has 1 aliphatic rings. The van der Waals surface area contributed by atoms with E-state index in [0.29, 0.717) is 11.3 Å². The van der Waals surface area contributed by atoms with Gasteiger partial charge in [0.25, 0.3) is 5.69 Å². The summed E-state index contributed by atoms with van der Waals surface area (Å²) in [6.45, 7) is 3.67. The molecule has 1 heterocycles. The second-order valence-corrected chi connectivity index (χ2v) is 4.84. The predicted molar refractivity (Wildman–Crippen MR) is 84.9 cm³/mol. The molecule has 1 atom stereocenters. The number of nitro benzene ring substituents is 1. The van der Waals surface area contributed by atoms with Crippen LogP contribution in [0.25, 0.3) is 0 Å². The topological polar surface area (TPSA) is 92.5 Å². The number of nitro groups is 1. The van der Waals surface area contributed by atoms with Gasteiger partial charge >= 0.3 is 5.97 Å². The van der Waals surface area contributed by atoms with Crippen molar-refractivity contribution in [2.45, 2.75) is 26.2 Å². The molecule has 0 aromatic heterocycles. The minimum Gasteiger partial charge on any atom is -0.478 e. The number of nitrogens with zero attached hydrogens (tertiary/aromatic N) is 1. The lowest BCUT2D eigenvalue weighted by Gasteiger charge is -2.25. The van der Waals surface area contributed by atoms with Crippen LogP contribution in [-0.4, -0.2) is 16.0 Å². The van der Waals surface area contributed by atoms with Crippen LogP contribution in [0.2, 0.25) is 0 Å². The molecular weight excluding hydrogens is 308 g/mol. The maximum atomic E-state index is 11.5. The SMILES string of the molecule is CCC1=CC(c2cccc([N+](=O)[O-])c2)C(C(=O)O)=C(C)N1.Cl. The van der Waals surface area contributed by atoms with Crippen LogP contribution in [-0.2, 0) is 4.79 Å². The van der Waals surface area contributed by atoms with E-state index < -0.39 is 16.8 Å². The van der Waals surface area contributed by atoms with E-state index in [4.69, 9.17) is 0 Å². The maximum absolute atomic E-state index is 11.5. The number of aliphatic carboxylic acids is 1. The fraction of sp³-hybridized carbons (Fsp3) is 0.267. The largest absolute Gasteiger partial charge is 0.478 e. The first-order chi connectivity index (χ1) is 9.93. The van der Waals surface area contributed by atoms with Gasteiger partial charge in [-0.05, 0) is 18.9 Å². The van der Waals surface area contributed by atoms with Crippen molar-refractivity contribution in [2.24, 2.45) is 0 Å². The summed E-state index contributed by atoms with van der Waals surface area (Å²) in [7, 11) is 0. The number of hydrogen-bond donors (Lipinski definition) is 2. The van der Waals surface area contributed by atoms with Crippen molar-refractivity contribution in [2.75, 3.05) is 0 Å². The highest BCUT2D eigenvalue weighted by atomic mass is 35.5. The van der Waals surface area contributed by atoms with Gasteiger partial charge in [0.1, 0.15) is 0 Å². The van der Waals surface area contributed by atoms with E-state index in [9.17, 15) is 20.0 Å². The summed E-state index contributed by atoms with van der Waals surface area (Å²) < 4.78 is 0. The zero-order valence-electron chi connectivity index (χ0n) is 12.2. The van der Waals surface area contributed by atoms with Gasteiger partial charge in [-0.1, -0.05) is 25.1 Å². The fourth-order valence-electron chi connectivity index (χ4n) is 2.46. The van der Waals surface area contributed by atoms with Crippen molar-refractivity contribution in [3.8, 4) is 0 Å². The minimum atomic E-state index is -1.03. The highest BCUT2D eigenvalue weighted by Crippen LogP contribution is 2.34. The van der Waals surface area contributed by atoms with Crippen molar-refractivity contribution in [3.63, 3.8) is 0 Å². The average molecular weight is 325 g/mol. The fourth-order valence-corrected chi connectivity index (χ4v) is 2.46. The quantitative estimate of drug-likeness (QED) is 0.654. The Morgan fingerprint density at radius 1 is 1.45 bits per heavy atom. The maximum Gasteiger partial charge on any atom is 0.334 e. The predicted octanol–water partition coefficient (Wildman–Crippen LogP) is 3.36. The third-order valence-corrected chi connectivity index (χ3v) is 3.48. The number of allylic oxidation sites excluding steroid dienone is 3. The molecule has 0 saturated heterocycles. The smallest absolute Gasteiger partial charge is 0.334 e. The van der Waals surface area contributed by atoms with Gasteiger partial charge in [-0.25, -0.2) is 4.79 Å². The lowest BCUT2D eigenvalue weighted by atomic mass is 9.86. The Hall–Kier alpha value is -2.34. The van der Waals surface area contributed by atoms with E-state index in [-0.39, 0.29) is 23.7 Å². The summed E-state index contributed by atoms with van der Waals surface area (Å²) >= 11 is 0. The normalized spacial score (nSPS) is 17.2. The molecule has 6 nitrogen and oxygen atoms in total. The molecule has 0 saturated carbocycles. The Kier molecular flexibility index (Phi) is 5.70. The summed E-state index contributed by atoms with van der Waals surface area (Å²) in [5.41, 5.74) is 2.26.